The van der Waals surface area contributed by atoms with Crippen LogP contribution < -0.4 is 0 Å². The van der Waals surface area contributed by atoms with Crippen molar-refractivity contribution in [2.75, 3.05) is 0 Å². The third kappa shape index (κ3) is 2.77. The molecule has 0 fully saturated rings. The third-order valence-corrected chi connectivity index (χ3v) is 4.96. The first-order valence-electron chi connectivity index (χ1n) is 9.28. The van der Waals surface area contributed by atoms with E-state index < -0.39 is 0 Å². The number of fused-ring (bicyclic) bond motifs is 1. The molecule has 3 heteroatoms. The molecule has 3 aromatic carbocycles. The van der Waals surface area contributed by atoms with Crippen LogP contribution in [-0.2, 0) is 0 Å². The van der Waals surface area contributed by atoms with Crippen molar-refractivity contribution in [3.8, 4) is 17.1 Å². The fourth-order valence-corrected chi connectivity index (χ4v) is 3.66. The zero-order valence-corrected chi connectivity index (χ0v) is 14.9. The number of hydrogen-bond donors (Lipinski definition) is 0. The highest BCUT2D eigenvalue weighted by molar-refractivity contribution is 5.91. The van der Waals surface area contributed by atoms with Crippen molar-refractivity contribution < 1.29 is 0 Å². The van der Waals surface area contributed by atoms with Crippen LogP contribution in [0, 0.1) is 0 Å². The number of benzene rings is 3. The molecule has 0 radical (unpaired) electrons. The van der Waals surface area contributed by atoms with Gasteiger partial charge >= 0.3 is 0 Å². The van der Waals surface area contributed by atoms with Crippen LogP contribution in [0.3, 0.4) is 0 Å². The van der Waals surface area contributed by atoms with Gasteiger partial charge in [-0.2, -0.15) is 0 Å². The first-order valence-corrected chi connectivity index (χ1v) is 9.28. The topological polar surface area (TPSA) is 30.7 Å². The molecular weight excluding hydrogens is 330 g/mol. The molecule has 1 aliphatic rings. The lowest BCUT2D eigenvalue weighted by molar-refractivity contribution is 1.00. The van der Waals surface area contributed by atoms with Crippen molar-refractivity contribution in [1.29, 1.82) is 0 Å². The van der Waals surface area contributed by atoms with Gasteiger partial charge in [-0.05, 0) is 24.3 Å². The van der Waals surface area contributed by atoms with Crippen LogP contribution in [0.1, 0.15) is 18.7 Å². The Hall–Kier alpha value is -3.46. The van der Waals surface area contributed by atoms with Crippen LogP contribution in [0.15, 0.2) is 91.0 Å². The Morgan fingerprint density at radius 3 is 2.33 bits per heavy atom. The number of allylic oxidation sites excluding steroid dienone is 4. The van der Waals surface area contributed by atoms with Crippen LogP contribution in [-0.4, -0.2) is 14.8 Å². The summed E-state index contributed by atoms with van der Waals surface area (Å²) in [6, 6.07) is 25.1. The second-order valence-corrected chi connectivity index (χ2v) is 6.69. The quantitative estimate of drug-likeness (QED) is 0.466. The standard InChI is InChI=1S/C24H19N3/c1-3-11-19(12-4-1)23-25-26-24(20-13-5-2-6-14-20)27(23)22-17-9-15-18-10-7-8-16-21(18)22/h1,3-5,7-17H,2,6H2. The second-order valence-electron chi connectivity index (χ2n) is 6.69. The SMILES string of the molecule is C1=CC(c2nnc(-c3ccccc3)n2-c2cccc3ccccc23)=CCC1. The van der Waals surface area contributed by atoms with Crippen molar-refractivity contribution in [3.63, 3.8) is 0 Å². The number of rotatable bonds is 3. The van der Waals surface area contributed by atoms with Gasteiger partial charge in [-0.1, -0.05) is 85.0 Å². The van der Waals surface area contributed by atoms with E-state index in [1.165, 1.54) is 10.8 Å². The maximum Gasteiger partial charge on any atom is 0.168 e. The second kappa shape index (κ2) is 6.69. The maximum absolute atomic E-state index is 4.59. The van der Waals surface area contributed by atoms with Gasteiger partial charge < -0.3 is 0 Å². The molecule has 0 aliphatic heterocycles. The molecule has 0 unspecified atom stereocenters. The molecule has 0 atom stereocenters. The van der Waals surface area contributed by atoms with Crippen LogP contribution in [0.5, 0.6) is 0 Å². The summed E-state index contributed by atoms with van der Waals surface area (Å²) in [4.78, 5) is 0. The molecule has 3 nitrogen and oxygen atoms in total. The minimum atomic E-state index is 0.863. The molecule has 130 valence electrons. The Balaban J connectivity index is 1.82. The van der Waals surface area contributed by atoms with Crippen LogP contribution in [0.2, 0.25) is 0 Å². The Labute approximate surface area is 158 Å². The van der Waals surface area contributed by atoms with Gasteiger partial charge in [-0.3, -0.25) is 4.57 Å². The summed E-state index contributed by atoms with van der Waals surface area (Å²) in [6.45, 7) is 0. The van der Waals surface area contributed by atoms with E-state index in [0.29, 0.717) is 0 Å². The van der Waals surface area contributed by atoms with Crippen LogP contribution in [0.4, 0.5) is 0 Å². The van der Waals surface area contributed by atoms with E-state index in [9.17, 15) is 0 Å². The summed E-state index contributed by atoms with van der Waals surface area (Å²) in [5.74, 6) is 1.75. The van der Waals surface area contributed by atoms with E-state index in [1.54, 1.807) is 0 Å². The normalized spacial score (nSPS) is 13.7. The molecule has 0 bridgehead atoms. The molecule has 0 saturated carbocycles. The molecule has 4 aromatic rings. The van der Waals surface area contributed by atoms with Crippen molar-refractivity contribution in [1.82, 2.24) is 14.8 Å². The number of hydrogen-bond acceptors (Lipinski definition) is 2. The molecule has 27 heavy (non-hydrogen) atoms. The van der Waals surface area contributed by atoms with Gasteiger partial charge in [0, 0.05) is 16.5 Å². The highest BCUT2D eigenvalue weighted by atomic mass is 15.3. The average Bonchev–Trinajstić information content (AvgIpc) is 3.19. The van der Waals surface area contributed by atoms with E-state index in [4.69, 9.17) is 0 Å². The van der Waals surface area contributed by atoms with Gasteiger partial charge in [0.05, 0.1) is 5.69 Å². The first-order chi connectivity index (χ1) is 13.4. The zero-order chi connectivity index (χ0) is 18.1. The van der Waals surface area contributed by atoms with E-state index in [-0.39, 0.29) is 0 Å². The fraction of sp³-hybridized carbons (Fsp3) is 0.0833. The predicted molar refractivity (Wildman–Crippen MR) is 111 cm³/mol. The van der Waals surface area contributed by atoms with Crippen molar-refractivity contribution in [3.05, 3.63) is 96.8 Å². The summed E-state index contributed by atoms with van der Waals surface area (Å²) in [5, 5.41) is 11.6. The first kappa shape index (κ1) is 15.8. The monoisotopic (exact) mass is 349 g/mol. The van der Waals surface area contributed by atoms with Gasteiger partial charge in [-0.25, -0.2) is 0 Å². The van der Waals surface area contributed by atoms with Gasteiger partial charge in [-0.15, -0.1) is 10.2 Å². The Morgan fingerprint density at radius 2 is 1.48 bits per heavy atom. The summed E-state index contributed by atoms with van der Waals surface area (Å²) in [7, 11) is 0. The lowest BCUT2D eigenvalue weighted by atomic mass is 10.0. The predicted octanol–water partition coefficient (Wildman–Crippen LogP) is 5.82. The Morgan fingerprint density at radius 1 is 0.704 bits per heavy atom. The molecule has 1 aromatic heterocycles. The van der Waals surface area contributed by atoms with Gasteiger partial charge in [0.2, 0.25) is 0 Å². The molecule has 5 rings (SSSR count). The molecule has 1 aliphatic carbocycles. The van der Waals surface area contributed by atoms with Gasteiger partial charge in [0.25, 0.3) is 0 Å². The minimum absolute atomic E-state index is 0.863. The molecule has 0 N–H and O–H groups in total. The van der Waals surface area contributed by atoms with Crippen LogP contribution in [0.25, 0.3) is 33.4 Å². The minimum Gasteiger partial charge on any atom is -0.274 e. The third-order valence-electron chi connectivity index (χ3n) is 4.96. The van der Waals surface area contributed by atoms with E-state index in [1.807, 2.05) is 18.2 Å². The summed E-state index contributed by atoms with van der Waals surface area (Å²) in [5.41, 5.74) is 3.29. The molecule has 1 heterocycles. The Bertz CT molecular complexity index is 1160. The molecular formula is C24H19N3. The summed E-state index contributed by atoms with van der Waals surface area (Å²) in [6.07, 6.45) is 8.73. The highest BCUT2D eigenvalue weighted by Gasteiger charge is 2.19. The van der Waals surface area contributed by atoms with Crippen LogP contribution >= 0.6 is 0 Å². The number of nitrogens with zero attached hydrogens (tertiary/aromatic N) is 3. The molecule has 0 spiro atoms. The van der Waals surface area contributed by atoms with Crippen molar-refractivity contribution >= 4 is 16.3 Å². The largest absolute Gasteiger partial charge is 0.274 e. The fourth-order valence-electron chi connectivity index (χ4n) is 3.66. The summed E-state index contributed by atoms with van der Waals surface area (Å²) >= 11 is 0. The van der Waals surface area contributed by atoms with Crippen molar-refractivity contribution in [2.24, 2.45) is 0 Å². The zero-order valence-electron chi connectivity index (χ0n) is 14.9. The summed E-state index contributed by atoms with van der Waals surface area (Å²) < 4.78 is 2.19. The van der Waals surface area contributed by atoms with Gasteiger partial charge in [0.15, 0.2) is 11.6 Å². The van der Waals surface area contributed by atoms with E-state index >= 15 is 0 Å². The lowest BCUT2D eigenvalue weighted by Gasteiger charge is -2.15. The van der Waals surface area contributed by atoms with E-state index in [0.717, 1.165) is 41.3 Å². The smallest absolute Gasteiger partial charge is 0.168 e. The molecule has 0 saturated heterocycles. The highest BCUT2D eigenvalue weighted by Crippen LogP contribution is 2.31. The van der Waals surface area contributed by atoms with E-state index in [2.05, 4.69) is 87.6 Å². The van der Waals surface area contributed by atoms with Crippen molar-refractivity contribution in [2.45, 2.75) is 12.8 Å². The lowest BCUT2D eigenvalue weighted by Crippen LogP contribution is -2.04. The molecule has 0 amide bonds. The Kier molecular flexibility index (Phi) is 3.91. The van der Waals surface area contributed by atoms with Gasteiger partial charge in [0.1, 0.15) is 0 Å². The maximum atomic E-state index is 4.59. The average molecular weight is 349 g/mol. The number of aromatic nitrogens is 3.